The van der Waals surface area contributed by atoms with E-state index in [1.807, 2.05) is 32.0 Å². The first-order valence-electron chi connectivity index (χ1n) is 7.34. The molecule has 0 aliphatic rings. The predicted octanol–water partition coefficient (Wildman–Crippen LogP) is 2.29. The SMILES string of the molecule is Cc1cc(NC(=O)NCC(c2cccc(F)c2)N(C)C)n(C)n1. The van der Waals surface area contributed by atoms with Crippen LogP contribution in [0.1, 0.15) is 17.3 Å². The third-order valence-corrected chi connectivity index (χ3v) is 3.56. The minimum Gasteiger partial charge on any atom is -0.336 e. The number of hydrogen-bond donors (Lipinski definition) is 2. The zero-order chi connectivity index (χ0) is 17.0. The highest BCUT2D eigenvalue weighted by molar-refractivity contribution is 5.88. The number of carbonyl (C=O) groups is 1. The molecule has 1 aromatic carbocycles. The second-order valence-corrected chi connectivity index (χ2v) is 5.66. The molecule has 0 spiro atoms. The summed E-state index contributed by atoms with van der Waals surface area (Å²) >= 11 is 0. The van der Waals surface area contributed by atoms with Gasteiger partial charge in [-0.3, -0.25) is 10.00 Å². The largest absolute Gasteiger partial charge is 0.336 e. The summed E-state index contributed by atoms with van der Waals surface area (Å²) in [5, 5.41) is 9.73. The molecule has 0 radical (unpaired) electrons. The molecule has 0 aliphatic heterocycles. The zero-order valence-electron chi connectivity index (χ0n) is 13.8. The Morgan fingerprint density at radius 2 is 2.13 bits per heavy atom. The van der Waals surface area contributed by atoms with Crippen LogP contribution >= 0.6 is 0 Å². The van der Waals surface area contributed by atoms with Crippen molar-refractivity contribution in [1.82, 2.24) is 20.0 Å². The number of nitrogens with zero attached hydrogens (tertiary/aromatic N) is 3. The van der Waals surface area contributed by atoms with E-state index in [4.69, 9.17) is 0 Å². The molecule has 2 N–H and O–H groups in total. The number of nitrogens with one attached hydrogen (secondary N) is 2. The number of hydrogen-bond acceptors (Lipinski definition) is 3. The second kappa shape index (κ2) is 7.23. The summed E-state index contributed by atoms with van der Waals surface area (Å²) in [7, 11) is 5.54. The van der Waals surface area contributed by atoms with Crippen LogP contribution in [0.15, 0.2) is 30.3 Å². The van der Waals surface area contributed by atoms with Gasteiger partial charge in [-0.1, -0.05) is 12.1 Å². The molecule has 0 bridgehead atoms. The molecule has 2 rings (SSSR count). The molecular weight excluding hydrogens is 297 g/mol. The van der Waals surface area contributed by atoms with Crippen LogP contribution < -0.4 is 10.6 Å². The lowest BCUT2D eigenvalue weighted by Crippen LogP contribution is -2.37. The Labute approximate surface area is 135 Å². The van der Waals surface area contributed by atoms with E-state index in [9.17, 15) is 9.18 Å². The standard InChI is InChI=1S/C16H22FN5O/c1-11-8-15(22(4)20-11)19-16(23)18-10-14(21(2)3)12-6-5-7-13(17)9-12/h5-9,14H,10H2,1-4H3,(H2,18,19,23). The quantitative estimate of drug-likeness (QED) is 0.889. The van der Waals surface area contributed by atoms with Crippen molar-refractivity contribution in [2.75, 3.05) is 26.0 Å². The molecule has 0 saturated carbocycles. The number of likely N-dealkylation sites (N-methyl/N-ethyl adjacent to an activating group) is 1. The number of halogens is 1. The van der Waals surface area contributed by atoms with Gasteiger partial charge in [0.15, 0.2) is 0 Å². The Bertz CT molecular complexity index is 683. The van der Waals surface area contributed by atoms with Crippen LogP contribution in [0.5, 0.6) is 0 Å². The minimum absolute atomic E-state index is 0.121. The van der Waals surface area contributed by atoms with Crippen LogP contribution in [-0.2, 0) is 7.05 Å². The van der Waals surface area contributed by atoms with Gasteiger partial charge in [0.2, 0.25) is 0 Å². The van der Waals surface area contributed by atoms with E-state index >= 15 is 0 Å². The zero-order valence-corrected chi connectivity index (χ0v) is 13.8. The number of rotatable bonds is 5. The molecule has 23 heavy (non-hydrogen) atoms. The van der Waals surface area contributed by atoms with Crippen molar-refractivity contribution >= 4 is 11.8 Å². The molecule has 0 fully saturated rings. The molecule has 1 heterocycles. The summed E-state index contributed by atoms with van der Waals surface area (Å²) < 4.78 is 15.0. The van der Waals surface area contributed by atoms with E-state index in [1.54, 1.807) is 23.9 Å². The first-order chi connectivity index (χ1) is 10.9. The van der Waals surface area contributed by atoms with Gasteiger partial charge in [-0.15, -0.1) is 0 Å². The molecule has 2 aromatic rings. The molecular formula is C16H22FN5O. The van der Waals surface area contributed by atoms with Crippen molar-refractivity contribution in [3.63, 3.8) is 0 Å². The van der Waals surface area contributed by atoms with Crippen molar-refractivity contribution in [1.29, 1.82) is 0 Å². The Morgan fingerprint density at radius 1 is 1.39 bits per heavy atom. The smallest absolute Gasteiger partial charge is 0.320 e. The van der Waals surface area contributed by atoms with Crippen molar-refractivity contribution in [2.45, 2.75) is 13.0 Å². The summed E-state index contributed by atoms with van der Waals surface area (Å²) in [6, 6.07) is 7.74. The normalized spacial score (nSPS) is 12.3. The van der Waals surface area contributed by atoms with Crippen LogP contribution in [0.4, 0.5) is 15.0 Å². The highest BCUT2D eigenvalue weighted by Crippen LogP contribution is 2.18. The summed E-state index contributed by atoms with van der Waals surface area (Å²) in [6.07, 6.45) is 0. The van der Waals surface area contributed by atoms with Gasteiger partial charge in [-0.2, -0.15) is 5.10 Å². The number of benzene rings is 1. The van der Waals surface area contributed by atoms with Crippen LogP contribution in [0, 0.1) is 12.7 Å². The maximum atomic E-state index is 13.4. The third-order valence-electron chi connectivity index (χ3n) is 3.56. The van der Waals surface area contributed by atoms with Crippen molar-refractivity contribution in [3.8, 4) is 0 Å². The summed E-state index contributed by atoms with van der Waals surface area (Å²) in [5.74, 6) is 0.330. The molecule has 124 valence electrons. The van der Waals surface area contributed by atoms with Crippen molar-refractivity contribution in [2.24, 2.45) is 7.05 Å². The van der Waals surface area contributed by atoms with Crippen molar-refractivity contribution in [3.05, 3.63) is 47.4 Å². The van der Waals surface area contributed by atoms with Crippen LogP contribution in [0.2, 0.25) is 0 Å². The van der Waals surface area contributed by atoms with Crippen LogP contribution in [0.25, 0.3) is 0 Å². The van der Waals surface area contributed by atoms with Crippen LogP contribution in [0.3, 0.4) is 0 Å². The van der Waals surface area contributed by atoms with Crippen LogP contribution in [-0.4, -0.2) is 41.4 Å². The molecule has 0 saturated heterocycles. The Kier molecular flexibility index (Phi) is 5.33. The molecule has 0 aliphatic carbocycles. The van der Waals surface area contributed by atoms with E-state index < -0.39 is 0 Å². The number of aryl methyl sites for hydroxylation is 2. The number of anilines is 1. The van der Waals surface area contributed by atoms with Gasteiger partial charge in [0, 0.05) is 19.7 Å². The minimum atomic E-state index is -0.323. The molecule has 7 heteroatoms. The van der Waals surface area contributed by atoms with Gasteiger partial charge in [-0.05, 0) is 38.7 Å². The monoisotopic (exact) mass is 319 g/mol. The first-order valence-corrected chi connectivity index (χ1v) is 7.34. The van der Waals surface area contributed by atoms with Gasteiger partial charge in [0.25, 0.3) is 0 Å². The Hall–Kier alpha value is -2.41. The summed E-state index contributed by atoms with van der Waals surface area (Å²) in [6.45, 7) is 2.22. The molecule has 6 nitrogen and oxygen atoms in total. The molecule has 1 aromatic heterocycles. The second-order valence-electron chi connectivity index (χ2n) is 5.66. The Balaban J connectivity index is 1.99. The molecule has 2 amide bonds. The number of amides is 2. The number of urea groups is 1. The fraction of sp³-hybridized carbons (Fsp3) is 0.375. The average molecular weight is 319 g/mol. The first kappa shape index (κ1) is 17.0. The maximum absolute atomic E-state index is 13.4. The van der Waals surface area contributed by atoms with Crippen molar-refractivity contribution < 1.29 is 9.18 Å². The van der Waals surface area contributed by atoms with E-state index in [0.29, 0.717) is 12.4 Å². The summed E-state index contributed by atoms with van der Waals surface area (Å²) in [5.41, 5.74) is 1.64. The number of carbonyl (C=O) groups excluding carboxylic acids is 1. The van der Waals surface area contributed by atoms with E-state index in [1.165, 1.54) is 12.1 Å². The highest BCUT2D eigenvalue weighted by Gasteiger charge is 2.16. The molecule has 1 unspecified atom stereocenters. The van der Waals surface area contributed by atoms with Gasteiger partial charge in [0.05, 0.1) is 11.7 Å². The van der Waals surface area contributed by atoms with E-state index in [0.717, 1.165) is 11.3 Å². The Morgan fingerprint density at radius 3 is 2.70 bits per heavy atom. The lowest BCUT2D eigenvalue weighted by molar-refractivity contribution is 0.243. The fourth-order valence-corrected chi connectivity index (χ4v) is 2.39. The predicted molar refractivity (Wildman–Crippen MR) is 87.8 cm³/mol. The van der Waals surface area contributed by atoms with Gasteiger partial charge in [0.1, 0.15) is 11.6 Å². The average Bonchev–Trinajstić information content (AvgIpc) is 2.76. The lowest BCUT2D eigenvalue weighted by Gasteiger charge is -2.25. The third kappa shape index (κ3) is 4.53. The fourth-order valence-electron chi connectivity index (χ4n) is 2.39. The van der Waals surface area contributed by atoms with Gasteiger partial charge in [-0.25, -0.2) is 9.18 Å². The van der Waals surface area contributed by atoms with E-state index in [-0.39, 0.29) is 17.9 Å². The number of aromatic nitrogens is 2. The van der Waals surface area contributed by atoms with Gasteiger partial charge < -0.3 is 10.2 Å². The molecule has 1 atom stereocenters. The lowest BCUT2D eigenvalue weighted by atomic mass is 10.1. The topological polar surface area (TPSA) is 62.2 Å². The maximum Gasteiger partial charge on any atom is 0.320 e. The van der Waals surface area contributed by atoms with Gasteiger partial charge >= 0.3 is 6.03 Å². The van der Waals surface area contributed by atoms with E-state index in [2.05, 4.69) is 15.7 Å². The highest BCUT2D eigenvalue weighted by atomic mass is 19.1. The summed E-state index contributed by atoms with van der Waals surface area (Å²) in [4.78, 5) is 14.0.